The van der Waals surface area contributed by atoms with Crippen molar-refractivity contribution in [2.24, 2.45) is 0 Å². The van der Waals surface area contributed by atoms with Gasteiger partial charge < -0.3 is 10.2 Å². The third-order valence-electron chi connectivity index (χ3n) is 5.87. The molecule has 1 unspecified atom stereocenters. The topological polar surface area (TPSA) is 32.3 Å². The summed E-state index contributed by atoms with van der Waals surface area (Å²) in [5.41, 5.74) is 7.28. The predicted molar refractivity (Wildman–Crippen MR) is 122 cm³/mol. The van der Waals surface area contributed by atoms with E-state index in [-0.39, 0.29) is 12.1 Å². The maximum atomic E-state index is 13.4. The maximum absolute atomic E-state index is 13.4. The molecule has 3 aromatic rings. The van der Waals surface area contributed by atoms with E-state index in [1.165, 1.54) is 32.0 Å². The fourth-order valence-electron chi connectivity index (χ4n) is 4.44. The molecule has 0 bridgehead atoms. The van der Waals surface area contributed by atoms with E-state index >= 15 is 0 Å². The fraction of sp³-hybridized carbons (Fsp3) is 0.320. The molecule has 2 heterocycles. The lowest BCUT2D eigenvalue weighted by molar-refractivity contribution is 0.195. The first kappa shape index (κ1) is 19.7. The zero-order valence-corrected chi connectivity index (χ0v) is 18.4. The third kappa shape index (κ3) is 3.69. The molecular formula is C25H28N2OS. The summed E-state index contributed by atoms with van der Waals surface area (Å²) < 4.78 is 0. The summed E-state index contributed by atoms with van der Waals surface area (Å²) in [4.78, 5) is 18.1. The summed E-state index contributed by atoms with van der Waals surface area (Å²) in [6.07, 6.45) is 1.97. The van der Waals surface area contributed by atoms with Gasteiger partial charge in [-0.1, -0.05) is 55.0 Å². The summed E-state index contributed by atoms with van der Waals surface area (Å²) in [6, 6.07) is 16.5. The molecular weight excluding hydrogens is 376 g/mol. The van der Waals surface area contributed by atoms with Crippen molar-refractivity contribution in [1.82, 2.24) is 4.90 Å². The molecule has 4 heteroatoms. The SMILES string of the molecule is CCc1c(C)sc2c1CCN(C(=O)Nc1ccc(C)cc1C)C2c1ccccc1. The molecule has 29 heavy (non-hydrogen) atoms. The van der Waals surface area contributed by atoms with Crippen molar-refractivity contribution < 1.29 is 4.79 Å². The Morgan fingerprint density at radius 1 is 1.14 bits per heavy atom. The minimum Gasteiger partial charge on any atom is -0.312 e. The number of anilines is 1. The lowest BCUT2D eigenvalue weighted by atomic mass is 9.92. The van der Waals surface area contributed by atoms with Crippen molar-refractivity contribution in [2.75, 3.05) is 11.9 Å². The molecule has 0 fully saturated rings. The van der Waals surface area contributed by atoms with Crippen molar-refractivity contribution in [3.63, 3.8) is 0 Å². The summed E-state index contributed by atoms with van der Waals surface area (Å²) in [5.74, 6) is 0. The van der Waals surface area contributed by atoms with Crippen LogP contribution >= 0.6 is 11.3 Å². The van der Waals surface area contributed by atoms with Gasteiger partial charge >= 0.3 is 6.03 Å². The van der Waals surface area contributed by atoms with Crippen LogP contribution in [-0.4, -0.2) is 17.5 Å². The van der Waals surface area contributed by atoms with Crippen LogP contribution < -0.4 is 5.32 Å². The Kier molecular flexibility index (Phi) is 5.46. The molecule has 1 aromatic heterocycles. The second-order valence-corrected chi connectivity index (χ2v) is 9.09. The Hall–Kier alpha value is -2.59. The predicted octanol–water partition coefficient (Wildman–Crippen LogP) is 6.42. The van der Waals surface area contributed by atoms with Crippen LogP contribution in [0.1, 0.15) is 50.5 Å². The highest BCUT2D eigenvalue weighted by molar-refractivity contribution is 7.12. The highest BCUT2D eigenvalue weighted by Crippen LogP contribution is 2.43. The van der Waals surface area contributed by atoms with Gasteiger partial charge in [0.05, 0.1) is 6.04 Å². The molecule has 1 atom stereocenters. The number of nitrogens with one attached hydrogen (secondary N) is 1. The van der Waals surface area contributed by atoms with E-state index in [1.54, 1.807) is 0 Å². The highest BCUT2D eigenvalue weighted by atomic mass is 32.1. The summed E-state index contributed by atoms with van der Waals surface area (Å²) >= 11 is 1.86. The molecule has 150 valence electrons. The number of carbonyl (C=O) groups excluding carboxylic acids is 1. The molecule has 1 aliphatic heterocycles. The fourth-order valence-corrected chi connectivity index (χ4v) is 5.88. The van der Waals surface area contributed by atoms with Crippen LogP contribution in [0.5, 0.6) is 0 Å². The minimum atomic E-state index is -0.0327. The van der Waals surface area contributed by atoms with Gasteiger partial charge in [0, 0.05) is 22.0 Å². The highest BCUT2D eigenvalue weighted by Gasteiger charge is 2.35. The Bertz CT molecular complexity index is 1040. The zero-order valence-electron chi connectivity index (χ0n) is 17.6. The zero-order chi connectivity index (χ0) is 20.5. The second kappa shape index (κ2) is 8.03. The van der Waals surface area contributed by atoms with Gasteiger partial charge in [-0.05, 0) is 61.9 Å². The van der Waals surface area contributed by atoms with Crippen molar-refractivity contribution in [3.05, 3.63) is 86.1 Å². The first-order valence-corrected chi connectivity index (χ1v) is 11.1. The van der Waals surface area contributed by atoms with Crippen molar-refractivity contribution >= 4 is 23.1 Å². The van der Waals surface area contributed by atoms with Crippen LogP contribution in [0.4, 0.5) is 10.5 Å². The average Bonchev–Trinajstić information content (AvgIpc) is 3.04. The van der Waals surface area contributed by atoms with E-state index in [0.29, 0.717) is 0 Å². The first-order chi connectivity index (χ1) is 14.0. The van der Waals surface area contributed by atoms with Gasteiger partial charge in [0.25, 0.3) is 0 Å². The van der Waals surface area contributed by atoms with Crippen LogP contribution in [-0.2, 0) is 12.8 Å². The Morgan fingerprint density at radius 3 is 2.59 bits per heavy atom. The van der Waals surface area contributed by atoms with E-state index in [4.69, 9.17) is 0 Å². The summed E-state index contributed by atoms with van der Waals surface area (Å²) in [5, 5.41) is 3.16. The lowest BCUT2D eigenvalue weighted by Gasteiger charge is -2.36. The number of nitrogens with zero attached hydrogens (tertiary/aromatic N) is 1. The monoisotopic (exact) mass is 404 g/mol. The number of benzene rings is 2. The number of carbonyl (C=O) groups is 1. The van der Waals surface area contributed by atoms with Crippen molar-refractivity contribution in [2.45, 2.75) is 46.6 Å². The molecule has 0 spiro atoms. The van der Waals surface area contributed by atoms with Gasteiger partial charge in [-0.15, -0.1) is 11.3 Å². The lowest BCUT2D eigenvalue weighted by Crippen LogP contribution is -2.42. The largest absolute Gasteiger partial charge is 0.322 e. The van der Waals surface area contributed by atoms with Gasteiger partial charge in [0.1, 0.15) is 0 Å². The molecule has 2 aromatic carbocycles. The minimum absolute atomic E-state index is 0.0273. The van der Waals surface area contributed by atoms with Crippen molar-refractivity contribution in [3.8, 4) is 0 Å². The van der Waals surface area contributed by atoms with Crippen LogP contribution in [0.3, 0.4) is 0 Å². The van der Waals surface area contributed by atoms with E-state index < -0.39 is 0 Å². The van der Waals surface area contributed by atoms with Gasteiger partial charge in [0.15, 0.2) is 0 Å². The number of amides is 2. The van der Waals surface area contributed by atoms with Crippen molar-refractivity contribution in [1.29, 1.82) is 0 Å². The van der Waals surface area contributed by atoms with Gasteiger partial charge in [-0.25, -0.2) is 4.79 Å². The standard InChI is InChI=1S/C25H28N2OS/c1-5-20-18(4)29-24-21(20)13-14-27(23(24)19-9-7-6-8-10-19)25(28)26-22-12-11-16(2)15-17(22)3/h6-12,15,23H,5,13-14H2,1-4H3,(H,26,28). The Morgan fingerprint density at radius 2 is 1.90 bits per heavy atom. The maximum Gasteiger partial charge on any atom is 0.322 e. The molecule has 2 amide bonds. The molecule has 1 aliphatic rings. The summed E-state index contributed by atoms with van der Waals surface area (Å²) in [7, 11) is 0. The Balaban J connectivity index is 1.72. The van der Waals surface area contributed by atoms with E-state index in [9.17, 15) is 4.79 Å². The number of urea groups is 1. The number of aryl methyl sites for hydroxylation is 3. The number of hydrogen-bond donors (Lipinski definition) is 1. The average molecular weight is 405 g/mol. The normalized spacial score (nSPS) is 15.9. The van der Waals surface area contributed by atoms with E-state index in [2.05, 4.69) is 56.4 Å². The number of thiophene rings is 1. The van der Waals surface area contributed by atoms with Gasteiger partial charge in [-0.3, -0.25) is 0 Å². The molecule has 0 radical (unpaired) electrons. The Labute approximate surface area is 177 Å². The van der Waals surface area contributed by atoms with Crippen LogP contribution in [0, 0.1) is 20.8 Å². The number of hydrogen-bond acceptors (Lipinski definition) is 2. The quantitative estimate of drug-likeness (QED) is 0.537. The van der Waals surface area contributed by atoms with Gasteiger partial charge in [0.2, 0.25) is 0 Å². The van der Waals surface area contributed by atoms with E-state index in [1.807, 2.05) is 41.4 Å². The number of fused-ring (bicyclic) bond motifs is 1. The second-order valence-electron chi connectivity index (χ2n) is 7.84. The molecule has 1 N–H and O–H groups in total. The van der Waals surface area contributed by atoms with Crippen LogP contribution in [0.15, 0.2) is 48.5 Å². The number of rotatable bonds is 3. The summed E-state index contributed by atoms with van der Waals surface area (Å²) in [6.45, 7) is 9.28. The molecule has 0 aliphatic carbocycles. The molecule has 0 saturated heterocycles. The van der Waals surface area contributed by atoms with Gasteiger partial charge in [-0.2, -0.15) is 0 Å². The molecule has 0 saturated carbocycles. The first-order valence-electron chi connectivity index (χ1n) is 10.3. The smallest absolute Gasteiger partial charge is 0.312 e. The van der Waals surface area contributed by atoms with Crippen LogP contribution in [0.2, 0.25) is 0 Å². The van der Waals surface area contributed by atoms with Crippen LogP contribution in [0.25, 0.3) is 0 Å². The third-order valence-corrected chi connectivity index (χ3v) is 7.11. The van der Waals surface area contributed by atoms with E-state index in [0.717, 1.165) is 30.6 Å². The molecule has 4 rings (SSSR count). The molecule has 3 nitrogen and oxygen atoms in total.